The van der Waals surface area contributed by atoms with Gasteiger partial charge in [-0.1, -0.05) is 6.07 Å². The van der Waals surface area contributed by atoms with Crippen molar-refractivity contribution in [3.05, 3.63) is 41.7 Å². The maximum atomic E-state index is 12.9. The molecule has 0 aliphatic carbocycles. The second-order valence-electron chi connectivity index (χ2n) is 6.41. The Labute approximate surface area is 153 Å². The molecule has 3 heterocycles. The van der Waals surface area contributed by atoms with Gasteiger partial charge in [0.1, 0.15) is 17.7 Å². The molecule has 0 radical (unpaired) electrons. The van der Waals surface area contributed by atoms with Crippen LogP contribution in [0.15, 0.2) is 24.5 Å². The summed E-state index contributed by atoms with van der Waals surface area (Å²) in [5.74, 6) is 1.68. The highest BCUT2D eigenvalue weighted by molar-refractivity contribution is 5.83. The van der Waals surface area contributed by atoms with Crippen LogP contribution in [0.2, 0.25) is 0 Å². The van der Waals surface area contributed by atoms with Crippen LogP contribution < -0.4 is 5.32 Å². The Kier molecular flexibility index (Phi) is 6.30. The van der Waals surface area contributed by atoms with Crippen molar-refractivity contribution in [2.75, 3.05) is 32.8 Å². The van der Waals surface area contributed by atoms with E-state index in [9.17, 15) is 4.79 Å². The van der Waals surface area contributed by atoms with Crippen LogP contribution in [0.5, 0.6) is 0 Å². The van der Waals surface area contributed by atoms with Crippen LogP contribution in [0, 0.1) is 13.8 Å². The zero-order chi connectivity index (χ0) is 18.4. The van der Waals surface area contributed by atoms with Gasteiger partial charge in [-0.15, -0.1) is 0 Å². The number of carbonyl (C=O) groups is 1. The Morgan fingerprint density at radius 2 is 2.15 bits per heavy atom. The first-order valence-electron chi connectivity index (χ1n) is 9.02. The highest BCUT2D eigenvalue weighted by Crippen LogP contribution is 2.21. The van der Waals surface area contributed by atoms with Gasteiger partial charge in [-0.2, -0.15) is 5.10 Å². The molecule has 2 aromatic rings. The maximum absolute atomic E-state index is 12.9. The minimum Gasteiger partial charge on any atom is -0.379 e. The van der Waals surface area contributed by atoms with Crippen molar-refractivity contribution in [3.63, 3.8) is 0 Å². The van der Waals surface area contributed by atoms with Crippen LogP contribution in [-0.2, 0) is 16.1 Å². The molecular weight excluding hydrogens is 332 g/mol. The molecule has 2 aromatic heterocycles. The number of aromatic nitrogens is 4. The van der Waals surface area contributed by atoms with Crippen LogP contribution >= 0.6 is 0 Å². The lowest BCUT2D eigenvalue weighted by Gasteiger charge is -2.33. The van der Waals surface area contributed by atoms with Crippen LogP contribution in [0.25, 0.3) is 0 Å². The summed E-state index contributed by atoms with van der Waals surface area (Å²) in [7, 11) is 0. The lowest BCUT2D eigenvalue weighted by molar-refractivity contribution is -0.128. The van der Waals surface area contributed by atoms with Crippen molar-refractivity contribution in [1.29, 1.82) is 0 Å². The largest absolute Gasteiger partial charge is 0.379 e. The zero-order valence-corrected chi connectivity index (χ0v) is 15.4. The minimum absolute atomic E-state index is 0.00592. The van der Waals surface area contributed by atoms with E-state index in [1.165, 1.54) is 0 Å². The molecule has 1 aliphatic rings. The van der Waals surface area contributed by atoms with Crippen molar-refractivity contribution >= 4 is 5.91 Å². The van der Waals surface area contributed by atoms with E-state index < -0.39 is 0 Å². The zero-order valence-electron chi connectivity index (χ0n) is 15.4. The molecule has 1 amide bonds. The van der Waals surface area contributed by atoms with Crippen molar-refractivity contribution < 1.29 is 9.53 Å². The van der Waals surface area contributed by atoms with E-state index in [-0.39, 0.29) is 11.9 Å². The monoisotopic (exact) mass is 358 g/mol. The summed E-state index contributed by atoms with van der Waals surface area (Å²) in [6.45, 7) is 7.93. The van der Waals surface area contributed by atoms with E-state index >= 15 is 0 Å². The van der Waals surface area contributed by atoms with Crippen LogP contribution in [0.1, 0.15) is 29.7 Å². The molecule has 0 aromatic carbocycles. The number of amides is 1. The van der Waals surface area contributed by atoms with Crippen molar-refractivity contribution in [2.45, 2.75) is 32.9 Å². The number of morpholine rings is 1. The quantitative estimate of drug-likeness (QED) is 0.739. The van der Waals surface area contributed by atoms with Crippen LogP contribution in [0.4, 0.5) is 0 Å². The molecule has 1 fully saturated rings. The number of hydrogen-bond acceptors (Lipinski definition) is 6. The van der Waals surface area contributed by atoms with Gasteiger partial charge in [-0.05, 0) is 31.9 Å². The summed E-state index contributed by atoms with van der Waals surface area (Å²) in [5.41, 5.74) is 0.912. The average Bonchev–Trinajstić information content (AvgIpc) is 2.98. The molecule has 0 saturated carbocycles. The standard InChI is InChI=1S/C18H26N6O2/c1-14-21-15(2)24(22-14)8-4-7-20-18(25)17(16-5-3-6-19-13-16)23-9-11-26-12-10-23/h3,5-6,13,17H,4,7-12H2,1-2H3,(H,20,25). The van der Waals surface area contributed by atoms with Gasteiger partial charge in [0.2, 0.25) is 5.91 Å². The Bertz CT molecular complexity index is 712. The molecule has 8 nitrogen and oxygen atoms in total. The second kappa shape index (κ2) is 8.86. The molecule has 1 saturated heterocycles. The van der Waals surface area contributed by atoms with Gasteiger partial charge >= 0.3 is 0 Å². The summed E-state index contributed by atoms with van der Waals surface area (Å²) in [6, 6.07) is 3.49. The lowest BCUT2D eigenvalue weighted by Crippen LogP contribution is -2.46. The first kappa shape index (κ1) is 18.5. The first-order chi connectivity index (χ1) is 12.6. The molecule has 1 N–H and O–H groups in total. The number of aryl methyl sites for hydroxylation is 3. The highest BCUT2D eigenvalue weighted by Gasteiger charge is 2.28. The number of pyridine rings is 1. The third kappa shape index (κ3) is 4.64. The number of rotatable bonds is 7. The molecule has 0 spiro atoms. The van der Waals surface area contributed by atoms with E-state index in [0.717, 1.165) is 43.3 Å². The van der Waals surface area contributed by atoms with Gasteiger partial charge in [0, 0.05) is 38.6 Å². The van der Waals surface area contributed by atoms with Gasteiger partial charge in [-0.3, -0.25) is 19.4 Å². The third-order valence-electron chi connectivity index (χ3n) is 4.47. The number of carbonyl (C=O) groups excluding carboxylic acids is 1. The molecule has 140 valence electrons. The Morgan fingerprint density at radius 1 is 1.35 bits per heavy atom. The SMILES string of the molecule is Cc1nc(C)n(CCCNC(=O)C(c2cccnc2)N2CCOCC2)n1. The number of ether oxygens (including phenoxy) is 1. The Hall–Kier alpha value is -2.32. The molecule has 26 heavy (non-hydrogen) atoms. The predicted octanol–water partition coefficient (Wildman–Crippen LogP) is 0.870. The Morgan fingerprint density at radius 3 is 2.81 bits per heavy atom. The molecule has 8 heteroatoms. The summed E-state index contributed by atoms with van der Waals surface area (Å²) in [5, 5.41) is 7.41. The predicted molar refractivity (Wildman–Crippen MR) is 96.5 cm³/mol. The summed E-state index contributed by atoms with van der Waals surface area (Å²) in [6.07, 6.45) is 4.29. The lowest BCUT2D eigenvalue weighted by atomic mass is 10.1. The summed E-state index contributed by atoms with van der Waals surface area (Å²) >= 11 is 0. The van der Waals surface area contributed by atoms with Crippen molar-refractivity contribution in [3.8, 4) is 0 Å². The molecular formula is C18H26N6O2. The molecule has 1 aliphatic heterocycles. The van der Waals surface area contributed by atoms with Gasteiger partial charge < -0.3 is 10.1 Å². The van der Waals surface area contributed by atoms with E-state index in [2.05, 4.69) is 25.3 Å². The second-order valence-corrected chi connectivity index (χ2v) is 6.41. The van der Waals surface area contributed by atoms with Crippen molar-refractivity contribution in [1.82, 2.24) is 30.0 Å². The maximum Gasteiger partial charge on any atom is 0.242 e. The number of nitrogens with zero attached hydrogens (tertiary/aromatic N) is 5. The van der Waals surface area contributed by atoms with Gasteiger partial charge in [0.15, 0.2) is 0 Å². The van der Waals surface area contributed by atoms with E-state index in [4.69, 9.17) is 4.74 Å². The normalized spacial score (nSPS) is 16.4. The van der Waals surface area contributed by atoms with E-state index in [1.807, 2.05) is 30.7 Å². The fourth-order valence-corrected chi connectivity index (χ4v) is 3.21. The third-order valence-corrected chi connectivity index (χ3v) is 4.47. The number of nitrogens with one attached hydrogen (secondary N) is 1. The van der Waals surface area contributed by atoms with Gasteiger partial charge in [0.25, 0.3) is 0 Å². The highest BCUT2D eigenvalue weighted by atomic mass is 16.5. The average molecular weight is 358 g/mol. The minimum atomic E-state index is -0.331. The fourth-order valence-electron chi connectivity index (χ4n) is 3.21. The molecule has 1 atom stereocenters. The van der Waals surface area contributed by atoms with Gasteiger partial charge in [-0.25, -0.2) is 4.98 Å². The first-order valence-corrected chi connectivity index (χ1v) is 9.02. The fraction of sp³-hybridized carbons (Fsp3) is 0.556. The Balaban J connectivity index is 1.57. The summed E-state index contributed by atoms with van der Waals surface area (Å²) in [4.78, 5) is 23.5. The molecule has 3 rings (SSSR count). The smallest absolute Gasteiger partial charge is 0.242 e. The topological polar surface area (TPSA) is 85.2 Å². The van der Waals surface area contributed by atoms with E-state index in [0.29, 0.717) is 19.8 Å². The van der Waals surface area contributed by atoms with Gasteiger partial charge in [0.05, 0.1) is 13.2 Å². The number of hydrogen-bond donors (Lipinski definition) is 1. The molecule has 1 unspecified atom stereocenters. The molecule has 0 bridgehead atoms. The summed E-state index contributed by atoms with van der Waals surface area (Å²) < 4.78 is 7.30. The van der Waals surface area contributed by atoms with Crippen LogP contribution in [0.3, 0.4) is 0 Å². The van der Waals surface area contributed by atoms with Crippen LogP contribution in [-0.4, -0.2) is 63.4 Å². The van der Waals surface area contributed by atoms with Crippen molar-refractivity contribution in [2.24, 2.45) is 0 Å². The van der Waals surface area contributed by atoms with E-state index in [1.54, 1.807) is 12.4 Å².